The summed E-state index contributed by atoms with van der Waals surface area (Å²) in [5, 5.41) is 3.41. The maximum absolute atomic E-state index is 4.23. The van der Waals surface area contributed by atoms with E-state index in [4.69, 9.17) is 0 Å². The third-order valence-corrected chi connectivity index (χ3v) is 4.55. The number of hydrogen-bond donors (Lipinski definition) is 1. The van der Waals surface area contributed by atoms with Crippen molar-refractivity contribution >= 4 is 40.2 Å². The highest BCUT2D eigenvalue weighted by Gasteiger charge is 2.13. The minimum Gasteiger partial charge on any atom is -0.369 e. The molecule has 2 heterocycles. The van der Waals surface area contributed by atoms with E-state index in [-0.39, 0.29) is 0 Å². The summed E-state index contributed by atoms with van der Waals surface area (Å²) in [7, 11) is 0. The van der Waals surface area contributed by atoms with Crippen LogP contribution in [0.15, 0.2) is 12.5 Å². The summed E-state index contributed by atoms with van der Waals surface area (Å²) in [5.74, 6) is 4.40. The van der Waals surface area contributed by atoms with Crippen LogP contribution in [-0.2, 0) is 0 Å². The zero-order chi connectivity index (χ0) is 10.5. The molecule has 1 unspecified atom stereocenters. The van der Waals surface area contributed by atoms with Gasteiger partial charge < -0.3 is 5.32 Å². The van der Waals surface area contributed by atoms with Crippen LogP contribution in [0.3, 0.4) is 0 Å². The standard InChI is InChI=1S/C10H14IN3S/c11-9-5-12-7-14-10(9)13-4-8-2-1-3-15-6-8/h5,7-8H,1-4,6H2,(H,12,13,14). The SMILES string of the molecule is Ic1cncnc1NCC1CCCSC1. The predicted molar refractivity (Wildman–Crippen MR) is 73.3 cm³/mol. The van der Waals surface area contributed by atoms with Crippen molar-refractivity contribution in [3.05, 3.63) is 16.1 Å². The fourth-order valence-electron chi connectivity index (χ4n) is 1.65. The molecule has 1 aromatic rings. The van der Waals surface area contributed by atoms with E-state index >= 15 is 0 Å². The fourth-order valence-corrected chi connectivity index (χ4v) is 3.30. The van der Waals surface area contributed by atoms with Gasteiger partial charge in [-0.1, -0.05) is 0 Å². The van der Waals surface area contributed by atoms with Crippen molar-refractivity contribution in [2.24, 2.45) is 5.92 Å². The van der Waals surface area contributed by atoms with Gasteiger partial charge in [0.2, 0.25) is 0 Å². The summed E-state index contributed by atoms with van der Waals surface area (Å²) >= 11 is 4.33. The Morgan fingerprint density at radius 1 is 1.60 bits per heavy atom. The first kappa shape index (κ1) is 11.4. The third kappa shape index (κ3) is 3.48. The second-order valence-corrected chi connectivity index (χ2v) is 6.00. The van der Waals surface area contributed by atoms with Crippen molar-refractivity contribution in [3.63, 3.8) is 0 Å². The maximum atomic E-state index is 4.23. The lowest BCUT2D eigenvalue weighted by Crippen LogP contribution is -2.20. The third-order valence-electron chi connectivity index (χ3n) is 2.48. The van der Waals surface area contributed by atoms with Crippen molar-refractivity contribution < 1.29 is 0 Å². The second kappa shape index (κ2) is 5.89. The fraction of sp³-hybridized carbons (Fsp3) is 0.600. The topological polar surface area (TPSA) is 37.8 Å². The average molecular weight is 335 g/mol. The van der Waals surface area contributed by atoms with Crippen molar-refractivity contribution in [2.45, 2.75) is 12.8 Å². The number of hydrogen-bond acceptors (Lipinski definition) is 4. The molecule has 0 saturated carbocycles. The molecule has 2 rings (SSSR count). The lowest BCUT2D eigenvalue weighted by molar-refractivity contribution is 0.548. The molecule has 1 aromatic heterocycles. The van der Waals surface area contributed by atoms with E-state index in [9.17, 15) is 0 Å². The molecule has 5 heteroatoms. The van der Waals surface area contributed by atoms with Crippen LogP contribution in [0.4, 0.5) is 5.82 Å². The molecule has 0 aromatic carbocycles. The van der Waals surface area contributed by atoms with Gasteiger partial charge in [0.1, 0.15) is 12.1 Å². The van der Waals surface area contributed by atoms with E-state index in [2.05, 4.69) is 49.6 Å². The van der Waals surface area contributed by atoms with Gasteiger partial charge in [-0.2, -0.15) is 11.8 Å². The van der Waals surface area contributed by atoms with Crippen LogP contribution < -0.4 is 5.32 Å². The molecule has 1 fully saturated rings. The zero-order valence-corrected chi connectivity index (χ0v) is 11.4. The zero-order valence-electron chi connectivity index (χ0n) is 8.45. The summed E-state index contributed by atoms with van der Waals surface area (Å²) in [6, 6.07) is 0. The Kier molecular flexibility index (Phi) is 4.49. The minimum absolute atomic E-state index is 0.800. The molecule has 1 aliphatic heterocycles. The van der Waals surface area contributed by atoms with Crippen LogP contribution in [0.25, 0.3) is 0 Å². The van der Waals surface area contributed by atoms with Crippen molar-refractivity contribution in [3.8, 4) is 0 Å². The van der Waals surface area contributed by atoms with Crippen molar-refractivity contribution in [1.29, 1.82) is 0 Å². The summed E-state index contributed by atoms with van der Waals surface area (Å²) in [4.78, 5) is 8.20. The molecule has 1 N–H and O–H groups in total. The molecule has 1 aliphatic rings. The molecule has 3 nitrogen and oxygen atoms in total. The van der Waals surface area contributed by atoms with E-state index in [1.54, 1.807) is 6.33 Å². The molecule has 1 saturated heterocycles. The van der Waals surface area contributed by atoms with Gasteiger partial charge in [-0.05, 0) is 52.9 Å². The molecule has 0 radical (unpaired) electrons. The van der Waals surface area contributed by atoms with E-state index in [0.717, 1.165) is 21.9 Å². The van der Waals surface area contributed by atoms with Crippen LogP contribution in [0.1, 0.15) is 12.8 Å². The Balaban J connectivity index is 1.84. The van der Waals surface area contributed by atoms with Crippen molar-refractivity contribution in [1.82, 2.24) is 9.97 Å². The highest BCUT2D eigenvalue weighted by atomic mass is 127. The number of nitrogens with one attached hydrogen (secondary N) is 1. The van der Waals surface area contributed by atoms with Gasteiger partial charge in [0.15, 0.2) is 0 Å². The van der Waals surface area contributed by atoms with Crippen LogP contribution in [-0.4, -0.2) is 28.0 Å². The second-order valence-electron chi connectivity index (χ2n) is 3.68. The molecule has 15 heavy (non-hydrogen) atoms. The summed E-state index contributed by atoms with van der Waals surface area (Å²) in [5.41, 5.74) is 0. The molecule has 1 atom stereocenters. The summed E-state index contributed by atoms with van der Waals surface area (Å²) < 4.78 is 1.10. The largest absolute Gasteiger partial charge is 0.369 e. The highest BCUT2D eigenvalue weighted by molar-refractivity contribution is 14.1. The molecule has 0 bridgehead atoms. The van der Waals surface area contributed by atoms with Crippen LogP contribution >= 0.6 is 34.4 Å². The van der Waals surface area contributed by atoms with Crippen LogP contribution in [0, 0.1) is 9.49 Å². The Morgan fingerprint density at radius 2 is 2.53 bits per heavy atom. The number of nitrogens with zero attached hydrogens (tertiary/aromatic N) is 2. The molecular formula is C10H14IN3S. The summed E-state index contributed by atoms with van der Waals surface area (Å²) in [6.07, 6.45) is 6.14. The normalized spacial score (nSPS) is 21.3. The van der Waals surface area contributed by atoms with Crippen LogP contribution in [0.2, 0.25) is 0 Å². The first-order chi connectivity index (χ1) is 7.36. The van der Waals surface area contributed by atoms with Gasteiger partial charge in [-0.25, -0.2) is 9.97 Å². The number of anilines is 1. The van der Waals surface area contributed by atoms with Crippen LogP contribution in [0.5, 0.6) is 0 Å². The number of halogens is 1. The highest BCUT2D eigenvalue weighted by Crippen LogP contribution is 2.23. The average Bonchev–Trinajstić information content (AvgIpc) is 2.29. The van der Waals surface area contributed by atoms with E-state index < -0.39 is 0 Å². The monoisotopic (exact) mass is 335 g/mol. The lowest BCUT2D eigenvalue weighted by atomic mass is 10.1. The van der Waals surface area contributed by atoms with Gasteiger partial charge in [0.05, 0.1) is 3.57 Å². The predicted octanol–water partition coefficient (Wildman–Crippen LogP) is 2.64. The first-order valence-corrected chi connectivity index (χ1v) is 7.36. The Morgan fingerprint density at radius 3 is 3.27 bits per heavy atom. The Hall–Kier alpha value is -0.0400. The van der Waals surface area contributed by atoms with E-state index in [1.807, 2.05) is 6.20 Å². The van der Waals surface area contributed by atoms with Gasteiger partial charge in [0.25, 0.3) is 0 Å². The van der Waals surface area contributed by atoms with Gasteiger partial charge >= 0.3 is 0 Å². The quantitative estimate of drug-likeness (QED) is 0.862. The van der Waals surface area contributed by atoms with Gasteiger partial charge in [0, 0.05) is 12.7 Å². The molecule has 82 valence electrons. The van der Waals surface area contributed by atoms with Gasteiger partial charge in [-0.3, -0.25) is 0 Å². The number of aromatic nitrogens is 2. The smallest absolute Gasteiger partial charge is 0.142 e. The molecule has 0 amide bonds. The summed E-state index contributed by atoms with van der Waals surface area (Å²) in [6.45, 7) is 1.04. The Bertz CT molecular complexity index is 315. The molecular weight excluding hydrogens is 321 g/mol. The Labute approximate surface area is 108 Å². The lowest BCUT2D eigenvalue weighted by Gasteiger charge is -2.21. The number of rotatable bonds is 3. The number of thioether (sulfide) groups is 1. The van der Waals surface area contributed by atoms with E-state index in [1.165, 1.54) is 24.3 Å². The first-order valence-electron chi connectivity index (χ1n) is 5.13. The maximum Gasteiger partial charge on any atom is 0.142 e. The molecule has 0 aliphatic carbocycles. The van der Waals surface area contributed by atoms with E-state index in [0.29, 0.717) is 0 Å². The molecule has 0 spiro atoms. The minimum atomic E-state index is 0.800. The van der Waals surface area contributed by atoms with Gasteiger partial charge in [-0.15, -0.1) is 0 Å². The van der Waals surface area contributed by atoms with Crippen molar-refractivity contribution in [2.75, 3.05) is 23.4 Å².